The molecular formula is C20H27N3O. The number of benzene rings is 1. The van der Waals surface area contributed by atoms with Gasteiger partial charge in [-0.1, -0.05) is 39.3 Å². The smallest absolute Gasteiger partial charge is 0.274 e. The molecule has 0 aliphatic heterocycles. The van der Waals surface area contributed by atoms with Crippen LogP contribution in [0.3, 0.4) is 0 Å². The van der Waals surface area contributed by atoms with E-state index in [9.17, 15) is 4.79 Å². The third kappa shape index (κ3) is 4.82. The van der Waals surface area contributed by atoms with Crippen molar-refractivity contribution < 1.29 is 4.79 Å². The number of amides is 1. The second-order valence-corrected chi connectivity index (χ2v) is 6.41. The van der Waals surface area contributed by atoms with Gasteiger partial charge in [0.2, 0.25) is 0 Å². The first kappa shape index (κ1) is 18.0. The van der Waals surface area contributed by atoms with Crippen molar-refractivity contribution in [2.24, 2.45) is 0 Å². The van der Waals surface area contributed by atoms with Crippen molar-refractivity contribution in [2.45, 2.75) is 39.5 Å². The molecule has 0 fully saturated rings. The van der Waals surface area contributed by atoms with Crippen molar-refractivity contribution in [1.29, 1.82) is 0 Å². The van der Waals surface area contributed by atoms with E-state index in [0.717, 1.165) is 30.8 Å². The van der Waals surface area contributed by atoms with E-state index in [4.69, 9.17) is 0 Å². The Balaban J connectivity index is 1.99. The van der Waals surface area contributed by atoms with Crippen LogP contribution in [0, 0.1) is 0 Å². The number of hydrogen-bond acceptors (Lipinski definition) is 3. The third-order valence-corrected chi connectivity index (χ3v) is 4.10. The molecule has 2 aromatic rings. The largest absolute Gasteiger partial charge is 0.373 e. The van der Waals surface area contributed by atoms with Crippen LogP contribution in [0.5, 0.6) is 0 Å². The Kier molecular flexibility index (Phi) is 6.36. The lowest BCUT2D eigenvalue weighted by Gasteiger charge is -2.18. The zero-order chi connectivity index (χ0) is 17.5. The van der Waals surface area contributed by atoms with Gasteiger partial charge < -0.3 is 10.2 Å². The number of carbonyl (C=O) groups is 1. The number of anilines is 2. The van der Waals surface area contributed by atoms with Crippen LogP contribution in [0.25, 0.3) is 0 Å². The quantitative estimate of drug-likeness (QED) is 0.803. The van der Waals surface area contributed by atoms with Crippen molar-refractivity contribution in [2.75, 3.05) is 23.8 Å². The summed E-state index contributed by atoms with van der Waals surface area (Å²) < 4.78 is 0. The second-order valence-electron chi connectivity index (χ2n) is 6.41. The molecule has 0 radical (unpaired) electrons. The third-order valence-electron chi connectivity index (χ3n) is 4.10. The lowest BCUT2D eigenvalue weighted by Crippen LogP contribution is -2.19. The molecule has 0 aliphatic rings. The van der Waals surface area contributed by atoms with Gasteiger partial charge in [-0.05, 0) is 42.2 Å². The maximum Gasteiger partial charge on any atom is 0.274 e. The molecule has 0 atom stereocenters. The van der Waals surface area contributed by atoms with Gasteiger partial charge in [-0.3, -0.25) is 4.79 Å². The van der Waals surface area contributed by atoms with E-state index < -0.39 is 0 Å². The minimum atomic E-state index is -0.185. The summed E-state index contributed by atoms with van der Waals surface area (Å²) in [4.78, 5) is 18.8. The summed E-state index contributed by atoms with van der Waals surface area (Å²) in [6.45, 7) is 7.46. The molecule has 0 spiro atoms. The fourth-order valence-corrected chi connectivity index (χ4v) is 2.42. The van der Waals surface area contributed by atoms with E-state index in [2.05, 4.69) is 36.0 Å². The first-order valence-corrected chi connectivity index (χ1v) is 8.59. The number of hydrogen-bond donors (Lipinski definition) is 1. The van der Waals surface area contributed by atoms with E-state index in [1.165, 1.54) is 5.56 Å². The SMILES string of the molecule is CCCCN(C)c1ccc(C(=O)Nc2ccc(C(C)C)cc2)nc1. The minimum Gasteiger partial charge on any atom is -0.373 e. The molecule has 24 heavy (non-hydrogen) atoms. The predicted molar refractivity (Wildman–Crippen MR) is 101 cm³/mol. The zero-order valence-electron chi connectivity index (χ0n) is 15.0. The molecular weight excluding hydrogens is 298 g/mol. The van der Waals surface area contributed by atoms with Crippen LogP contribution in [-0.2, 0) is 0 Å². The average molecular weight is 325 g/mol. The Bertz CT molecular complexity index is 648. The van der Waals surface area contributed by atoms with Gasteiger partial charge in [0.05, 0.1) is 11.9 Å². The van der Waals surface area contributed by atoms with Crippen molar-refractivity contribution in [1.82, 2.24) is 4.98 Å². The number of rotatable bonds is 7. The molecule has 1 N–H and O–H groups in total. The molecule has 0 aliphatic carbocycles. The molecule has 0 saturated carbocycles. The topological polar surface area (TPSA) is 45.2 Å². The molecule has 0 bridgehead atoms. The number of aromatic nitrogens is 1. The van der Waals surface area contributed by atoms with Crippen LogP contribution in [0.1, 0.15) is 55.6 Å². The van der Waals surface area contributed by atoms with E-state index in [1.54, 1.807) is 12.3 Å². The molecule has 0 saturated heterocycles. The van der Waals surface area contributed by atoms with Crippen molar-refractivity contribution in [3.63, 3.8) is 0 Å². The standard InChI is InChI=1S/C20H27N3O/c1-5-6-13-23(4)18-11-12-19(21-14-18)20(24)22-17-9-7-16(8-10-17)15(2)3/h7-12,14-15H,5-6,13H2,1-4H3,(H,22,24). The molecule has 128 valence electrons. The highest BCUT2D eigenvalue weighted by atomic mass is 16.1. The summed E-state index contributed by atoms with van der Waals surface area (Å²) in [5.74, 6) is 0.295. The number of nitrogens with zero attached hydrogens (tertiary/aromatic N) is 2. The Hall–Kier alpha value is -2.36. The van der Waals surface area contributed by atoms with Crippen LogP contribution in [0.4, 0.5) is 11.4 Å². The van der Waals surface area contributed by atoms with E-state index >= 15 is 0 Å². The maximum absolute atomic E-state index is 12.3. The molecule has 1 heterocycles. The van der Waals surface area contributed by atoms with Gasteiger partial charge in [0.1, 0.15) is 5.69 Å². The first-order chi connectivity index (χ1) is 11.5. The number of unbranched alkanes of at least 4 members (excludes halogenated alkanes) is 1. The Morgan fingerprint density at radius 2 is 1.88 bits per heavy atom. The van der Waals surface area contributed by atoms with Gasteiger partial charge in [0.25, 0.3) is 5.91 Å². The Morgan fingerprint density at radius 1 is 1.17 bits per heavy atom. The van der Waals surface area contributed by atoms with Gasteiger partial charge in [0, 0.05) is 19.3 Å². The number of carbonyl (C=O) groups excluding carboxylic acids is 1. The van der Waals surface area contributed by atoms with Crippen LogP contribution < -0.4 is 10.2 Å². The van der Waals surface area contributed by atoms with Crippen molar-refractivity contribution in [3.05, 3.63) is 53.9 Å². The molecule has 4 nitrogen and oxygen atoms in total. The Morgan fingerprint density at radius 3 is 2.42 bits per heavy atom. The van der Waals surface area contributed by atoms with Crippen molar-refractivity contribution in [3.8, 4) is 0 Å². The van der Waals surface area contributed by atoms with Crippen LogP contribution in [-0.4, -0.2) is 24.5 Å². The van der Waals surface area contributed by atoms with E-state index in [0.29, 0.717) is 11.6 Å². The predicted octanol–water partition coefficient (Wildman–Crippen LogP) is 4.69. The number of nitrogens with one attached hydrogen (secondary N) is 1. The monoisotopic (exact) mass is 325 g/mol. The fourth-order valence-electron chi connectivity index (χ4n) is 2.42. The second kappa shape index (κ2) is 8.48. The van der Waals surface area contributed by atoms with Gasteiger partial charge in [-0.2, -0.15) is 0 Å². The summed E-state index contributed by atoms with van der Waals surface area (Å²) in [5, 5.41) is 2.89. The summed E-state index contributed by atoms with van der Waals surface area (Å²) in [6.07, 6.45) is 4.06. The van der Waals surface area contributed by atoms with Gasteiger partial charge in [-0.15, -0.1) is 0 Å². The van der Waals surface area contributed by atoms with Crippen molar-refractivity contribution >= 4 is 17.3 Å². The summed E-state index contributed by atoms with van der Waals surface area (Å²) in [7, 11) is 2.04. The fraction of sp³-hybridized carbons (Fsp3) is 0.400. The highest BCUT2D eigenvalue weighted by molar-refractivity contribution is 6.02. The van der Waals surface area contributed by atoms with Crippen LogP contribution in [0.2, 0.25) is 0 Å². The Labute approximate surface area is 144 Å². The number of pyridine rings is 1. The van der Waals surface area contributed by atoms with Crippen LogP contribution in [0.15, 0.2) is 42.6 Å². The highest BCUT2D eigenvalue weighted by Gasteiger charge is 2.09. The average Bonchev–Trinajstić information content (AvgIpc) is 2.60. The molecule has 0 unspecified atom stereocenters. The van der Waals surface area contributed by atoms with E-state index in [-0.39, 0.29) is 5.91 Å². The molecule has 1 amide bonds. The van der Waals surface area contributed by atoms with Crippen LogP contribution >= 0.6 is 0 Å². The first-order valence-electron chi connectivity index (χ1n) is 8.59. The van der Waals surface area contributed by atoms with Gasteiger partial charge >= 0.3 is 0 Å². The summed E-state index contributed by atoms with van der Waals surface area (Å²) >= 11 is 0. The molecule has 4 heteroatoms. The zero-order valence-corrected chi connectivity index (χ0v) is 15.0. The maximum atomic E-state index is 12.3. The lowest BCUT2D eigenvalue weighted by molar-refractivity contribution is 0.102. The van der Waals surface area contributed by atoms with Gasteiger partial charge in [0.15, 0.2) is 0 Å². The molecule has 1 aromatic heterocycles. The van der Waals surface area contributed by atoms with E-state index in [1.807, 2.05) is 37.4 Å². The van der Waals surface area contributed by atoms with Gasteiger partial charge in [-0.25, -0.2) is 4.98 Å². The summed E-state index contributed by atoms with van der Waals surface area (Å²) in [5.41, 5.74) is 3.50. The molecule has 1 aromatic carbocycles. The minimum absolute atomic E-state index is 0.185. The lowest BCUT2D eigenvalue weighted by atomic mass is 10.0. The normalized spacial score (nSPS) is 10.7. The molecule has 2 rings (SSSR count). The summed E-state index contributed by atoms with van der Waals surface area (Å²) in [6, 6.07) is 11.7. The highest BCUT2D eigenvalue weighted by Crippen LogP contribution is 2.18.